The lowest BCUT2D eigenvalue weighted by Crippen LogP contribution is -2.22. The van der Waals surface area contributed by atoms with E-state index in [-0.39, 0.29) is 12.5 Å². The number of amides is 1. The molecule has 6 nitrogen and oxygen atoms in total. The van der Waals surface area contributed by atoms with Crippen molar-refractivity contribution in [1.29, 1.82) is 0 Å². The van der Waals surface area contributed by atoms with Gasteiger partial charge in [0.15, 0.2) is 5.16 Å². The number of aromatic amines is 1. The zero-order chi connectivity index (χ0) is 19.9. The van der Waals surface area contributed by atoms with Gasteiger partial charge in [0.05, 0.1) is 16.7 Å². The molecule has 3 N–H and O–H groups in total. The Morgan fingerprint density at radius 1 is 1.29 bits per heavy atom. The second kappa shape index (κ2) is 9.95. The molecular weight excluding hydrogens is 392 g/mol. The summed E-state index contributed by atoms with van der Waals surface area (Å²) >= 11 is 3.35. The largest absolute Gasteiger partial charge is 0.396 e. The number of hydrogen-bond donors (Lipinski definition) is 3. The highest BCUT2D eigenvalue weighted by atomic mass is 32.2. The number of rotatable bonds is 9. The van der Waals surface area contributed by atoms with Crippen LogP contribution in [0.5, 0.6) is 0 Å². The summed E-state index contributed by atoms with van der Waals surface area (Å²) in [6.07, 6.45) is 2.44. The lowest BCUT2D eigenvalue weighted by atomic mass is 10.1. The van der Waals surface area contributed by atoms with Gasteiger partial charge in [0.2, 0.25) is 5.91 Å². The van der Waals surface area contributed by atoms with E-state index in [1.165, 1.54) is 17.4 Å². The molecule has 8 heteroatoms. The van der Waals surface area contributed by atoms with Crippen LogP contribution in [0, 0.1) is 6.92 Å². The molecule has 0 saturated carbocycles. The molecule has 0 fully saturated rings. The van der Waals surface area contributed by atoms with Gasteiger partial charge in [0, 0.05) is 42.7 Å². The predicted molar refractivity (Wildman–Crippen MR) is 115 cm³/mol. The van der Waals surface area contributed by atoms with Crippen molar-refractivity contribution in [1.82, 2.24) is 20.3 Å². The van der Waals surface area contributed by atoms with Gasteiger partial charge in [-0.1, -0.05) is 23.9 Å². The van der Waals surface area contributed by atoms with Crippen LogP contribution in [0.15, 0.2) is 40.5 Å². The van der Waals surface area contributed by atoms with Gasteiger partial charge >= 0.3 is 0 Å². The number of fused-ring (bicyclic) bond motifs is 1. The van der Waals surface area contributed by atoms with Crippen molar-refractivity contribution in [2.45, 2.75) is 36.1 Å². The Balaban J connectivity index is 1.66. The first-order valence-corrected chi connectivity index (χ1v) is 11.1. The quantitative estimate of drug-likeness (QED) is 0.366. The molecule has 0 aliphatic heterocycles. The topological polar surface area (TPSA) is 90.9 Å². The predicted octanol–water partition coefficient (Wildman–Crippen LogP) is 3.32. The SMILES string of the molecule is CC(=O)NCCSc1ccnc(CSc2nc3c(CCO)cccc3[nH]2)c1C. The van der Waals surface area contributed by atoms with Gasteiger partial charge in [-0.3, -0.25) is 9.78 Å². The second-order valence-electron chi connectivity index (χ2n) is 6.33. The van der Waals surface area contributed by atoms with E-state index in [4.69, 9.17) is 4.98 Å². The monoisotopic (exact) mass is 416 g/mol. The fraction of sp³-hybridized carbons (Fsp3) is 0.350. The van der Waals surface area contributed by atoms with E-state index in [9.17, 15) is 9.90 Å². The molecule has 3 aromatic rings. The average Bonchev–Trinajstić information content (AvgIpc) is 3.09. The smallest absolute Gasteiger partial charge is 0.216 e. The van der Waals surface area contributed by atoms with Crippen LogP contribution in [0.3, 0.4) is 0 Å². The lowest BCUT2D eigenvalue weighted by Gasteiger charge is -2.09. The van der Waals surface area contributed by atoms with E-state index < -0.39 is 0 Å². The minimum atomic E-state index is -0.00267. The number of hydrogen-bond acceptors (Lipinski definition) is 6. The number of nitrogens with zero attached hydrogens (tertiary/aromatic N) is 2. The molecule has 0 atom stereocenters. The van der Waals surface area contributed by atoms with Gasteiger partial charge < -0.3 is 15.4 Å². The van der Waals surface area contributed by atoms with Crippen LogP contribution in [0.1, 0.15) is 23.7 Å². The molecule has 28 heavy (non-hydrogen) atoms. The van der Waals surface area contributed by atoms with E-state index in [1.807, 2.05) is 30.5 Å². The number of aromatic nitrogens is 3. The number of aliphatic hydroxyl groups excluding tert-OH is 1. The molecule has 1 aromatic carbocycles. The molecule has 0 saturated heterocycles. The Kier molecular flexibility index (Phi) is 7.36. The maximum Gasteiger partial charge on any atom is 0.216 e. The molecule has 1 amide bonds. The number of pyridine rings is 1. The van der Waals surface area contributed by atoms with Crippen molar-refractivity contribution < 1.29 is 9.90 Å². The van der Waals surface area contributed by atoms with Crippen LogP contribution in [0.4, 0.5) is 0 Å². The van der Waals surface area contributed by atoms with Crippen LogP contribution in [0.25, 0.3) is 11.0 Å². The minimum Gasteiger partial charge on any atom is -0.396 e. The Labute approximate surface area is 172 Å². The van der Waals surface area contributed by atoms with Crippen molar-refractivity contribution in [3.8, 4) is 0 Å². The van der Waals surface area contributed by atoms with Gasteiger partial charge in [0.25, 0.3) is 0 Å². The molecule has 0 aliphatic carbocycles. The third kappa shape index (κ3) is 5.27. The van der Waals surface area contributed by atoms with Gasteiger partial charge in [-0.05, 0) is 36.6 Å². The molecule has 2 aromatic heterocycles. The highest BCUT2D eigenvalue weighted by Crippen LogP contribution is 2.28. The Morgan fingerprint density at radius 3 is 2.93 bits per heavy atom. The summed E-state index contributed by atoms with van der Waals surface area (Å²) in [5, 5.41) is 12.9. The van der Waals surface area contributed by atoms with Crippen LogP contribution in [0.2, 0.25) is 0 Å². The summed E-state index contributed by atoms with van der Waals surface area (Å²) in [6, 6.07) is 8.00. The summed E-state index contributed by atoms with van der Waals surface area (Å²) in [5.41, 5.74) is 5.16. The van der Waals surface area contributed by atoms with Crippen LogP contribution >= 0.6 is 23.5 Å². The normalized spacial score (nSPS) is 11.1. The van der Waals surface area contributed by atoms with E-state index in [1.54, 1.807) is 23.5 Å². The maximum atomic E-state index is 11.0. The second-order valence-corrected chi connectivity index (χ2v) is 8.43. The zero-order valence-electron chi connectivity index (χ0n) is 16.0. The Bertz CT molecular complexity index is 959. The highest BCUT2D eigenvalue weighted by Gasteiger charge is 2.11. The molecule has 148 valence electrons. The standard InChI is InChI=1S/C20H24N4O2S2/c1-13-17(22-8-6-18(13)27-11-9-21-14(2)26)12-28-20-23-16-5-3-4-15(7-10-25)19(16)24-20/h3-6,8,25H,7,9-12H2,1-2H3,(H,21,26)(H,23,24). The third-order valence-corrected chi connectivity index (χ3v) is 6.34. The summed E-state index contributed by atoms with van der Waals surface area (Å²) in [7, 11) is 0. The number of H-pyrrole nitrogens is 1. The molecular formula is C20H24N4O2S2. The summed E-state index contributed by atoms with van der Waals surface area (Å²) in [4.78, 5) is 24.7. The summed E-state index contributed by atoms with van der Waals surface area (Å²) in [6.45, 7) is 4.38. The van der Waals surface area contributed by atoms with E-state index in [0.717, 1.165) is 39.0 Å². The van der Waals surface area contributed by atoms with E-state index in [2.05, 4.69) is 22.2 Å². The maximum absolute atomic E-state index is 11.0. The van der Waals surface area contributed by atoms with E-state index >= 15 is 0 Å². The molecule has 0 spiro atoms. The number of thioether (sulfide) groups is 2. The van der Waals surface area contributed by atoms with Crippen LogP contribution in [-0.2, 0) is 17.0 Å². The first-order valence-electron chi connectivity index (χ1n) is 9.11. The van der Waals surface area contributed by atoms with Gasteiger partial charge in [0.1, 0.15) is 0 Å². The fourth-order valence-electron chi connectivity index (χ4n) is 2.85. The fourth-order valence-corrected chi connectivity index (χ4v) is 4.66. The van der Waals surface area contributed by atoms with Crippen molar-refractivity contribution in [2.24, 2.45) is 0 Å². The van der Waals surface area contributed by atoms with Gasteiger partial charge in [-0.25, -0.2) is 4.98 Å². The molecule has 0 unspecified atom stereocenters. The van der Waals surface area contributed by atoms with Gasteiger partial charge in [-0.15, -0.1) is 11.8 Å². The van der Waals surface area contributed by atoms with Crippen LogP contribution < -0.4 is 5.32 Å². The molecule has 0 radical (unpaired) electrons. The molecule has 0 bridgehead atoms. The highest BCUT2D eigenvalue weighted by molar-refractivity contribution is 7.99. The van der Waals surface area contributed by atoms with Gasteiger partial charge in [-0.2, -0.15) is 0 Å². The van der Waals surface area contributed by atoms with Crippen molar-refractivity contribution >= 4 is 40.5 Å². The molecule has 2 heterocycles. The zero-order valence-corrected chi connectivity index (χ0v) is 17.6. The number of benzene rings is 1. The lowest BCUT2D eigenvalue weighted by molar-refractivity contribution is -0.118. The first-order chi connectivity index (χ1) is 13.6. The average molecular weight is 417 g/mol. The molecule has 3 rings (SSSR count). The number of aliphatic hydroxyl groups is 1. The Hall–Kier alpha value is -2.03. The van der Waals surface area contributed by atoms with E-state index in [0.29, 0.717) is 13.0 Å². The Morgan fingerprint density at radius 2 is 2.14 bits per heavy atom. The number of imidazole rings is 1. The summed E-state index contributed by atoms with van der Waals surface area (Å²) < 4.78 is 0. The van der Waals surface area contributed by atoms with Crippen LogP contribution in [-0.4, -0.2) is 44.9 Å². The number of para-hydroxylation sites is 1. The first kappa shape index (κ1) is 20.7. The van der Waals surface area contributed by atoms with Crippen molar-refractivity contribution in [2.75, 3.05) is 18.9 Å². The number of carbonyl (C=O) groups excluding carboxylic acids is 1. The third-order valence-electron chi connectivity index (χ3n) is 4.29. The van der Waals surface area contributed by atoms with Crippen molar-refractivity contribution in [3.63, 3.8) is 0 Å². The number of carbonyl (C=O) groups is 1. The molecule has 0 aliphatic rings. The van der Waals surface area contributed by atoms with Crippen molar-refractivity contribution in [3.05, 3.63) is 47.3 Å². The number of nitrogens with one attached hydrogen (secondary N) is 2. The summed E-state index contributed by atoms with van der Waals surface area (Å²) in [5.74, 6) is 1.55. The minimum absolute atomic E-state index is 0.00267.